The lowest BCUT2D eigenvalue weighted by atomic mass is 10.00. The van der Waals surface area contributed by atoms with Crippen molar-refractivity contribution in [2.75, 3.05) is 26.1 Å². The van der Waals surface area contributed by atoms with E-state index in [1.165, 1.54) is 0 Å². The molecular formula is C20H22N2O4. The van der Waals surface area contributed by atoms with Gasteiger partial charge in [0.1, 0.15) is 0 Å². The predicted molar refractivity (Wildman–Crippen MR) is 99.0 cm³/mol. The number of amides is 2. The molecule has 1 heterocycles. The Labute approximate surface area is 152 Å². The molecule has 0 aliphatic carbocycles. The van der Waals surface area contributed by atoms with Crippen LogP contribution in [0.15, 0.2) is 36.4 Å². The second-order valence-corrected chi connectivity index (χ2v) is 6.12. The molecule has 0 saturated heterocycles. The molecule has 1 aliphatic rings. The van der Waals surface area contributed by atoms with Crippen LogP contribution in [0.3, 0.4) is 0 Å². The molecule has 2 N–H and O–H groups in total. The highest BCUT2D eigenvalue weighted by molar-refractivity contribution is 5.97. The molecule has 0 atom stereocenters. The van der Waals surface area contributed by atoms with Crippen LogP contribution in [0, 0.1) is 0 Å². The summed E-state index contributed by atoms with van der Waals surface area (Å²) in [6.45, 7) is 0.516. The third-order valence-electron chi connectivity index (χ3n) is 4.41. The molecule has 26 heavy (non-hydrogen) atoms. The molecule has 2 amide bonds. The van der Waals surface area contributed by atoms with E-state index >= 15 is 0 Å². The van der Waals surface area contributed by atoms with E-state index in [4.69, 9.17) is 9.47 Å². The number of carbonyl (C=O) groups excluding carboxylic acids is 2. The minimum absolute atomic E-state index is 0.0182. The van der Waals surface area contributed by atoms with E-state index in [1.807, 2.05) is 24.3 Å². The summed E-state index contributed by atoms with van der Waals surface area (Å²) < 4.78 is 10.5. The Balaban J connectivity index is 1.58. The van der Waals surface area contributed by atoms with Gasteiger partial charge in [-0.25, -0.2) is 0 Å². The number of hydrogen-bond acceptors (Lipinski definition) is 4. The number of rotatable bonds is 6. The van der Waals surface area contributed by atoms with E-state index in [0.717, 1.165) is 16.8 Å². The van der Waals surface area contributed by atoms with Gasteiger partial charge in [-0.2, -0.15) is 0 Å². The highest BCUT2D eigenvalue weighted by Crippen LogP contribution is 2.27. The monoisotopic (exact) mass is 354 g/mol. The van der Waals surface area contributed by atoms with Crippen LogP contribution in [-0.2, 0) is 17.6 Å². The van der Waals surface area contributed by atoms with Crippen LogP contribution < -0.4 is 20.1 Å². The molecule has 6 heteroatoms. The molecule has 0 spiro atoms. The van der Waals surface area contributed by atoms with Gasteiger partial charge < -0.3 is 20.1 Å². The molecule has 1 aliphatic heterocycles. The first kappa shape index (κ1) is 17.8. The zero-order valence-corrected chi connectivity index (χ0v) is 14.9. The largest absolute Gasteiger partial charge is 0.493 e. The van der Waals surface area contributed by atoms with Gasteiger partial charge in [0.15, 0.2) is 11.5 Å². The first-order valence-electron chi connectivity index (χ1n) is 8.52. The average molecular weight is 354 g/mol. The van der Waals surface area contributed by atoms with Crippen LogP contribution in [0.5, 0.6) is 11.5 Å². The number of methoxy groups -OCH3 is 2. The molecule has 0 bridgehead atoms. The van der Waals surface area contributed by atoms with Gasteiger partial charge in [-0.3, -0.25) is 9.59 Å². The van der Waals surface area contributed by atoms with Gasteiger partial charge in [0.05, 0.1) is 14.2 Å². The first-order valence-corrected chi connectivity index (χ1v) is 8.52. The van der Waals surface area contributed by atoms with E-state index in [-0.39, 0.29) is 11.8 Å². The van der Waals surface area contributed by atoms with Gasteiger partial charge in [-0.15, -0.1) is 0 Å². The van der Waals surface area contributed by atoms with Gasteiger partial charge in [0, 0.05) is 24.2 Å². The Morgan fingerprint density at radius 3 is 2.65 bits per heavy atom. The van der Waals surface area contributed by atoms with Gasteiger partial charge in [0.25, 0.3) is 5.91 Å². The zero-order valence-electron chi connectivity index (χ0n) is 14.9. The molecule has 136 valence electrons. The highest BCUT2D eigenvalue weighted by atomic mass is 16.5. The van der Waals surface area contributed by atoms with Crippen molar-refractivity contribution in [3.63, 3.8) is 0 Å². The lowest BCUT2D eigenvalue weighted by Crippen LogP contribution is -2.26. The van der Waals surface area contributed by atoms with Crippen LogP contribution in [0.2, 0.25) is 0 Å². The number of ether oxygens (including phenoxy) is 2. The smallest absolute Gasteiger partial charge is 0.251 e. The second kappa shape index (κ2) is 7.91. The van der Waals surface area contributed by atoms with Gasteiger partial charge >= 0.3 is 0 Å². The summed E-state index contributed by atoms with van der Waals surface area (Å²) in [7, 11) is 3.20. The fraction of sp³-hybridized carbons (Fsp3) is 0.300. The number of benzene rings is 2. The number of anilines is 1. The SMILES string of the molecule is COc1ccc(CCNC(=O)c2ccc3c(c2)CCC(=O)N3)cc1OC. The molecule has 0 aromatic heterocycles. The summed E-state index contributed by atoms with van der Waals surface area (Å²) in [5.41, 5.74) is 3.45. The molecule has 0 saturated carbocycles. The predicted octanol–water partition coefficient (Wildman–Crippen LogP) is 2.56. The summed E-state index contributed by atoms with van der Waals surface area (Å²) in [6.07, 6.45) is 1.80. The Bertz CT molecular complexity index is 833. The third kappa shape index (κ3) is 3.96. The quantitative estimate of drug-likeness (QED) is 0.836. The molecule has 0 unspecified atom stereocenters. The molecule has 3 rings (SSSR count). The van der Waals surface area contributed by atoms with E-state index in [9.17, 15) is 9.59 Å². The number of hydrogen-bond donors (Lipinski definition) is 2. The number of fused-ring (bicyclic) bond motifs is 1. The van der Waals surface area contributed by atoms with Crippen molar-refractivity contribution in [1.82, 2.24) is 5.32 Å². The molecule has 0 fully saturated rings. The van der Waals surface area contributed by atoms with E-state index in [1.54, 1.807) is 26.4 Å². The van der Waals surface area contributed by atoms with Crippen molar-refractivity contribution in [2.45, 2.75) is 19.3 Å². The lowest BCUT2D eigenvalue weighted by molar-refractivity contribution is -0.116. The molecule has 6 nitrogen and oxygen atoms in total. The molecule has 2 aromatic carbocycles. The fourth-order valence-electron chi connectivity index (χ4n) is 2.98. The highest BCUT2D eigenvalue weighted by Gasteiger charge is 2.16. The Hall–Kier alpha value is -3.02. The van der Waals surface area contributed by atoms with Gasteiger partial charge in [-0.1, -0.05) is 6.07 Å². The summed E-state index contributed by atoms with van der Waals surface area (Å²) >= 11 is 0. The van der Waals surface area contributed by atoms with Crippen molar-refractivity contribution in [3.05, 3.63) is 53.1 Å². The van der Waals surface area contributed by atoms with Crippen molar-refractivity contribution in [1.29, 1.82) is 0 Å². The molecular weight excluding hydrogens is 332 g/mol. The number of aryl methyl sites for hydroxylation is 1. The second-order valence-electron chi connectivity index (χ2n) is 6.12. The van der Waals surface area contributed by atoms with Crippen LogP contribution in [0.4, 0.5) is 5.69 Å². The minimum Gasteiger partial charge on any atom is -0.493 e. The van der Waals surface area contributed by atoms with Crippen molar-refractivity contribution in [2.24, 2.45) is 0 Å². The van der Waals surface area contributed by atoms with Gasteiger partial charge in [-0.05, 0) is 54.3 Å². The number of nitrogens with one attached hydrogen (secondary N) is 2. The topological polar surface area (TPSA) is 76.7 Å². The maximum atomic E-state index is 12.4. The van der Waals surface area contributed by atoms with Gasteiger partial charge in [0.2, 0.25) is 5.91 Å². The van der Waals surface area contributed by atoms with Crippen molar-refractivity contribution >= 4 is 17.5 Å². The van der Waals surface area contributed by atoms with Crippen LogP contribution in [0.25, 0.3) is 0 Å². The Morgan fingerprint density at radius 1 is 1.08 bits per heavy atom. The van der Waals surface area contributed by atoms with E-state index in [0.29, 0.717) is 42.9 Å². The van der Waals surface area contributed by atoms with E-state index in [2.05, 4.69) is 10.6 Å². The first-order chi connectivity index (χ1) is 12.6. The number of carbonyl (C=O) groups is 2. The van der Waals surface area contributed by atoms with Crippen molar-refractivity contribution in [3.8, 4) is 11.5 Å². The Kier molecular flexibility index (Phi) is 5.41. The maximum Gasteiger partial charge on any atom is 0.251 e. The van der Waals surface area contributed by atoms with E-state index < -0.39 is 0 Å². The summed E-state index contributed by atoms with van der Waals surface area (Å²) in [5.74, 6) is 1.25. The maximum absolute atomic E-state index is 12.4. The standard InChI is InChI=1S/C20H22N2O4/c1-25-17-7-3-13(11-18(17)26-2)9-10-21-20(24)15-4-6-16-14(12-15)5-8-19(23)22-16/h3-4,6-7,11-12H,5,8-10H2,1-2H3,(H,21,24)(H,22,23). The zero-order chi connectivity index (χ0) is 18.5. The average Bonchev–Trinajstić information content (AvgIpc) is 2.67. The fourth-order valence-corrected chi connectivity index (χ4v) is 2.98. The summed E-state index contributed by atoms with van der Waals surface area (Å²) in [6, 6.07) is 11.1. The van der Waals surface area contributed by atoms with Crippen molar-refractivity contribution < 1.29 is 19.1 Å². The summed E-state index contributed by atoms with van der Waals surface area (Å²) in [5, 5.41) is 5.75. The Morgan fingerprint density at radius 2 is 1.88 bits per heavy atom. The molecule has 2 aromatic rings. The normalized spacial score (nSPS) is 12.8. The van der Waals surface area contributed by atoms with Crippen LogP contribution in [-0.4, -0.2) is 32.6 Å². The van der Waals surface area contributed by atoms with Crippen LogP contribution >= 0.6 is 0 Å². The summed E-state index contributed by atoms with van der Waals surface area (Å²) in [4.78, 5) is 23.8. The minimum atomic E-state index is -0.120. The lowest BCUT2D eigenvalue weighted by Gasteiger charge is -2.17. The third-order valence-corrected chi connectivity index (χ3v) is 4.41. The van der Waals surface area contributed by atoms with Crippen LogP contribution in [0.1, 0.15) is 27.9 Å². The molecule has 0 radical (unpaired) electrons.